The van der Waals surface area contributed by atoms with Gasteiger partial charge < -0.3 is 5.32 Å². The minimum Gasteiger partial charge on any atom is -0.322 e. The lowest BCUT2D eigenvalue weighted by molar-refractivity contribution is 0.101. The number of nitrogens with zero attached hydrogens (tertiary/aromatic N) is 3. The molecule has 6 heteroatoms. The number of Topliss-reactive ketones (excluding diaryl/α,β-unsaturated/α-hetero) is 1. The molecule has 0 radical (unpaired) electrons. The lowest BCUT2D eigenvalue weighted by Gasteiger charge is -2.08. The van der Waals surface area contributed by atoms with Gasteiger partial charge in [-0.25, -0.2) is 9.67 Å². The Balaban J connectivity index is 1.74. The molecule has 0 saturated carbocycles. The van der Waals surface area contributed by atoms with Crippen molar-refractivity contribution in [3.05, 3.63) is 77.9 Å². The molecule has 0 bridgehead atoms. The molecular formula is C18H16N4O2. The second kappa shape index (κ2) is 6.87. The fourth-order valence-electron chi connectivity index (χ4n) is 2.33. The van der Waals surface area contributed by atoms with E-state index < -0.39 is 0 Å². The Morgan fingerprint density at radius 3 is 2.62 bits per heavy atom. The number of nitrogens with one attached hydrogen (secondary N) is 1. The topological polar surface area (TPSA) is 76.9 Å². The van der Waals surface area contributed by atoms with Crippen molar-refractivity contribution in [2.45, 2.75) is 13.5 Å². The van der Waals surface area contributed by atoms with E-state index >= 15 is 0 Å². The predicted molar refractivity (Wildman–Crippen MR) is 90.0 cm³/mol. The molecule has 2 aromatic carbocycles. The van der Waals surface area contributed by atoms with E-state index in [4.69, 9.17) is 0 Å². The predicted octanol–water partition coefficient (Wildman–Crippen LogP) is 2.78. The third kappa shape index (κ3) is 3.73. The molecule has 0 unspecified atom stereocenters. The monoisotopic (exact) mass is 320 g/mol. The molecule has 1 heterocycles. The third-order valence-corrected chi connectivity index (χ3v) is 3.53. The fraction of sp³-hybridized carbons (Fsp3) is 0.111. The van der Waals surface area contributed by atoms with Gasteiger partial charge in [-0.2, -0.15) is 5.10 Å². The fourth-order valence-corrected chi connectivity index (χ4v) is 2.33. The van der Waals surface area contributed by atoms with Crippen LogP contribution in [0.4, 0.5) is 5.69 Å². The first-order valence-corrected chi connectivity index (χ1v) is 7.45. The minimum atomic E-state index is -0.254. The van der Waals surface area contributed by atoms with E-state index in [-0.39, 0.29) is 11.7 Å². The first kappa shape index (κ1) is 15.6. The number of anilines is 1. The van der Waals surface area contributed by atoms with Gasteiger partial charge in [0.15, 0.2) is 5.78 Å². The van der Waals surface area contributed by atoms with Gasteiger partial charge in [0.05, 0.1) is 6.54 Å². The summed E-state index contributed by atoms with van der Waals surface area (Å²) in [5, 5.41) is 6.91. The van der Waals surface area contributed by atoms with Crippen LogP contribution in [0.15, 0.2) is 61.2 Å². The Morgan fingerprint density at radius 2 is 1.88 bits per heavy atom. The zero-order valence-corrected chi connectivity index (χ0v) is 13.1. The molecule has 3 rings (SSSR count). The lowest BCUT2D eigenvalue weighted by Crippen LogP contribution is -2.13. The van der Waals surface area contributed by atoms with Gasteiger partial charge in [0.1, 0.15) is 12.7 Å². The third-order valence-electron chi connectivity index (χ3n) is 3.53. The van der Waals surface area contributed by atoms with Gasteiger partial charge in [-0.15, -0.1) is 0 Å². The number of hydrogen-bond acceptors (Lipinski definition) is 4. The number of ketones is 1. The summed E-state index contributed by atoms with van der Waals surface area (Å²) in [5.41, 5.74) is 2.65. The van der Waals surface area contributed by atoms with Crippen LogP contribution in [0.3, 0.4) is 0 Å². The molecule has 0 atom stereocenters. The first-order chi connectivity index (χ1) is 11.6. The van der Waals surface area contributed by atoms with E-state index in [1.54, 1.807) is 35.3 Å². The largest absolute Gasteiger partial charge is 0.322 e. The Labute approximate surface area is 139 Å². The summed E-state index contributed by atoms with van der Waals surface area (Å²) < 4.78 is 1.71. The molecule has 0 spiro atoms. The summed E-state index contributed by atoms with van der Waals surface area (Å²) >= 11 is 0. The lowest BCUT2D eigenvalue weighted by atomic mass is 10.1. The van der Waals surface area contributed by atoms with Crippen LogP contribution in [0.1, 0.15) is 33.2 Å². The zero-order valence-electron chi connectivity index (χ0n) is 13.1. The molecule has 24 heavy (non-hydrogen) atoms. The van der Waals surface area contributed by atoms with E-state index in [1.807, 2.05) is 24.3 Å². The standard InChI is InChI=1S/C18H16N4O2/c1-13(23)15-5-3-6-16(9-15)18(24)21-17-7-2-4-14(8-17)10-22-12-19-11-20-22/h2-9,11-12H,10H2,1H3,(H,21,24). The van der Waals surface area contributed by atoms with Crippen molar-refractivity contribution in [1.29, 1.82) is 0 Å². The maximum atomic E-state index is 12.4. The molecule has 1 amide bonds. The molecule has 1 N–H and O–H groups in total. The molecule has 0 aliphatic rings. The van der Waals surface area contributed by atoms with Crippen LogP contribution in [-0.2, 0) is 6.54 Å². The smallest absolute Gasteiger partial charge is 0.255 e. The Kier molecular flexibility index (Phi) is 4.47. The number of amides is 1. The van der Waals surface area contributed by atoms with Crippen molar-refractivity contribution in [3.63, 3.8) is 0 Å². The van der Waals surface area contributed by atoms with Crippen LogP contribution in [0, 0.1) is 0 Å². The van der Waals surface area contributed by atoms with Crippen LogP contribution in [0.2, 0.25) is 0 Å². The van der Waals surface area contributed by atoms with Crippen molar-refractivity contribution < 1.29 is 9.59 Å². The molecule has 0 saturated heterocycles. The van der Waals surface area contributed by atoms with E-state index in [9.17, 15) is 9.59 Å². The molecule has 6 nitrogen and oxygen atoms in total. The molecule has 0 fully saturated rings. The molecule has 0 aliphatic carbocycles. The van der Waals surface area contributed by atoms with E-state index in [0.29, 0.717) is 23.4 Å². The second-order valence-corrected chi connectivity index (χ2v) is 5.38. The maximum Gasteiger partial charge on any atom is 0.255 e. The van der Waals surface area contributed by atoms with Gasteiger partial charge in [-0.3, -0.25) is 9.59 Å². The summed E-state index contributed by atoms with van der Waals surface area (Å²) in [7, 11) is 0. The van der Waals surface area contributed by atoms with Gasteiger partial charge >= 0.3 is 0 Å². The summed E-state index contributed by atoms with van der Waals surface area (Å²) in [6, 6.07) is 14.2. The zero-order chi connectivity index (χ0) is 16.9. The molecule has 3 aromatic rings. The summed E-state index contributed by atoms with van der Waals surface area (Å²) in [6.45, 7) is 2.05. The van der Waals surface area contributed by atoms with Gasteiger partial charge in [0.2, 0.25) is 0 Å². The van der Waals surface area contributed by atoms with E-state index in [1.165, 1.54) is 13.3 Å². The number of benzene rings is 2. The van der Waals surface area contributed by atoms with Gasteiger partial charge in [-0.05, 0) is 36.8 Å². The highest BCUT2D eigenvalue weighted by molar-refractivity contribution is 6.06. The highest BCUT2D eigenvalue weighted by Crippen LogP contribution is 2.14. The number of hydrogen-bond donors (Lipinski definition) is 1. The van der Waals surface area contributed by atoms with Gasteiger partial charge in [0, 0.05) is 16.8 Å². The molecule has 120 valence electrons. The second-order valence-electron chi connectivity index (χ2n) is 5.38. The quantitative estimate of drug-likeness (QED) is 0.733. The first-order valence-electron chi connectivity index (χ1n) is 7.45. The van der Waals surface area contributed by atoms with Gasteiger partial charge in [0.25, 0.3) is 5.91 Å². The number of carbonyl (C=O) groups is 2. The van der Waals surface area contributed by atoms with E-state index in [2.05, 4.69) is 15.4 Å². The maximum absolute atomic E-state index is 12.4. The van der Waals surface area contributed by atoms with Gasteiger partial charge in [-0.1, -0.05) is 24.3 Å². The van der Waals surface area contributed by atoms with Crippen molar-refractivity contribution in [1.82, 2.24) is 14.8 Å². The summed E-state index contributed by atoms with van der Waals surface area (Å²) in [6.07, 6.45) is 3.12. The SMILES string of the molecule is CC(=O)c1cccc(C(=O)Nc2cccc(Cn3cncn3)c2)c1. The average molecular weight is 320 g/mol. The van der Waals surface area contributed by atoms with Crippen LogP contribution < -0.4 is 5.32 Å². The molecule has 1 aromatic heterocycles. The Hall–Kier alpha value is -3.28. The summed E-state index contributed by atoms with van der Waals surface area (Å²) in [4.78, 5) is 27.7. The van der Waals surface area contributed by atoms with Crippen LogP contribution in [-0.4, -0.2) is 26.5 Å². The highest BCUT2D eigenvalue weighted by Gasteiger charge is 2.09. The van der Waals surface area contributed by atoms with Crippen molar-refractivity contribution in [2.75, 3.05) is 5.32 Å². The Morgan fingerprint density at radius 1 is 1.08 bits per heavy atom. The van der Waals surface area contributed by atoms with Crippen molar-refractivity contribution >= 4 is 17.4 Å². The minimum absolute atomic E-state index is 0.0699. The number of carbonyl (C=O) groups excluding carboxylic acids is 2. The number of rotatable bonds is 5. The van der Waals surface area contributed by atoms with Crippen molar-refractivity contribution in [3.8, 4) is 0 Å². The van der Waals surface area contributed by atoms with E-state index in [0.717, 1.165) is 5.56 Å². The molecular weight excluding hydrogens is 304 g/mol. The van der Waals surface area contributed by atoms with Crippen LogP contribution in [0.5, 0.6) is 0 Å². The normalized spacial score (nSPS) is 10.4. The van der Waals surface area contributed by atoms with Crippen molar-refractivity contribution in [2.24, 2.45) is 0 Å². The summed E-state index contributed by atoms with van der Waals surface area (Å²) in [5.74, 6) is -0.324. The number of aromatic nitrogens is 3. The molecule has 0 aliphatic heterocycles. The Bertz CT molecular complexity index is 872. The van der Waals surface area contributed by atoms with Crippen LogP contribution >= 0.6 is 0 Å². The average Bonchev–Trinajstić information content (AvgIpc) is 3.08. The highest BCUT2D eigenvalue weighted by atomic mass is 16.1. The van der Waals surface area contributed by atoms with Crippen LogP contribution in [0.25, 0.3) is 0 Å².